The summed E-state index contributed by atoms with van der Waals surface area (Å²) in [5, 5.41) is 6.80. The highest BCUT2D eigenvalue weighted by Crippen LogP contribution is 2.36. The van der Waals surface area contributed by atoms with Gasteiger partial charge in [-0.25, -0.2) is 18.4 Å². The summed E-state index contributed by atoms with van der Waals surface area (Å²) in [6.45, 7) is 1.84. The molecule has 1 fully saturated rings. The monoisotopic (exact) mass is 565 g/mol. The number of hydrogen-bond donors (Lipinski definition) is 1. The molecule has 1 aromatic carbocycles. The van der Waals surface area contributed by atoms with Crippen LogP contribution in [0.5, 0.6) is 0 Å². The summed E-state index contributed by atoms with van der Waals surface area (Å²) < 4.78 is 73.6. The number of hydrogen-bond acceptors (Lipinski definition) is 8. The minimum absolute atomic E-state index is 0.0791. The van der Waals surface area contributed by atoms with E-state index in [2.05, 4.69) is 20.4 Å². The van der Waals surface area contributed by atoms with Crippen molar-refractivity contribution in [1.29, 1.82) is 0 Å². The largest absolute Gasteiger partial charge is 0.419 e. The first-order chi connectivity index (χ1) is 18.4. The maximum absolute atomic E-state index is 13.6. The number of carbonyl (C=O) groups is 1. The average molecular weight is 566 g/mol. The fraction of sp³-hybridized carbons (Fsp3) is 0.462. The normalized spacial score (nSPS) is 15.7. The van der Waals surface area contributed by atoms with E-state index in [9.17, 15) is 26.4 Å². The molecular formula is C26H30F3N5O4S. The molecule has 3 aromatic rings. The third kappa shape index (κ3) is 6.82. The number of ether oxygens (including phenoxy) is 1. The van der Waals surface area contributed by atoms with Gasteiger partial charge >= 0.3 is 6.18 Å². The first kappa shape index (κ1) is 28.7. The van der Waals surface area contributed by atoms with Gasteiger partial charge in [-0.1, -0.05) is 19.3 Å². The fourth-order valence-electron chi connectivity index (χ4n) is 4.59. The van der Waals surface area contributed by atoms with E-state index in [1.165, 1.54) is 35.3 Å². The maximum Gasteiger partial charge on any atom is 0.419 e. The smallest absolute Gasteiger partial charge is 0.367 e. The molecule has 0 unspecified atom stereocenters. The number of aromatic nitrogens is 4. The number of nitrogens with zero attached hydrogens (tertiary/aromatic N) is 4. The van der Waals surface area contributed by atoms with Crippen molar-refractivity contribution in [2.24, 2.45) is 7.05 Å². The summed E-state index contributed by atoms with van der Waals surface area (Å²) in [6.07, 6.45) is 4.04. The fourth-order valence-corrected chi connectivity index (χ4v) is 5.96. The van der Waals surface area contributed by atoms with Gasteiger partial charge in [0.2, 0.25) is 5.95 Å². The van der Waals surface area contributed by atoms with Crippen molar-refractivity contribution in [2.75, 3.05) is 17.7 Å². The Kier molecular flexibility index (Phi) is 8.40. The Bertz CT molecular complexity index is 1430. The van der Waals surface area contributed by atoms with Crippen LogP contribution in [-0.4, -0.2) is 52.4 Å². The lowest BCUT2D eigenvalue weighted by Crippen LogP contribution is -2.37. The number of benzene rings is 1. The lowest BCUT2D eigenvalue weighted by molar-refractivity contribution is -0.137. The van der Waals surface area contributed by atoms with Crippen molar-refractivity contribution >= 4 is 27.8 Å². The number of nitrogens with one attached hydrogen (secondary N) is 1. The van der Waals surface area contributed by atoms with Crippen LogP contribution in [-0.2, 0) is 32.6 Å². The van der Waals surface area contributed by atoms with Crippen LogP contribution in [0.4, 0.5) is 24.8 Å². The highest BCUT2D eigenvalue weighted by molar-refractivity contribution is 7.91. The molecule has 210 valence electrons. The molecule has 1 N–H and O–H groups in total. The number of halogens is 3. The van der Waals surface area contributed by atoms with E-state index in [4.69, 9.17) is 4.74 Å². The zero-order valence-corrected chi connectivity index (χ0v) is 22.5. The third-order valence-electron chi connectivity index (χ3n) is 6.74. The van der Waals surface area contributed by atoms with Crippen molar-refractivity contribution in [2.45, 2.75) is 62.1 Å². The molecule has 1 saturated carbocycles. The molecule has 0 aliphatic heterocycles. The summed E-state index contributed by atoms with van der Waals surface area (Å²) in [6, 6.07) is 4.43. The number of aldehydes is 1. The zero-order valence-electron chi connectivity index (χ0n) is 21.7. The minimum Gasteiger partial charge on any atom is -0.367 e. The highest BCUT2D eigenvalue weighted by atomic mass is 32.2. The van der Waals surface area contributed by atoms with Crippen LogP contribution in [0, 0.1) is 6.92 Å². The van der Waals surface area contributed by atoms with Gasteiger partial charge < -0.3 is 14.8 Å². The van der Waals surface area contributed by atoms with Gasteiger partial charge in [0.25, 0.3) is 0 Å². The summed E-state index contributed by atoms with van der Waals surface area (Å²) in [7, 11) is -2.04. The molecule has 39 heavy (non-hydrogen) atoms. The number of rotatable bonds is 10. The van der Waals surface area contributed by atoms with Crippen LogP contribution in [0.1, 0.15) is 49.7 Å². The Morgan fingerprint density at radius 2 is 1.92 bits per heavy atom. The molecular weight excluding hydrogens is 535 g/mol. The second-order valence-electron chi connectivity index (χ2n) is 9.72. The number of alkyl halides is 3. The van der Waals surface area contributed by atoms with Crippen molar-refractivity contribution in [3.8, 4) is 11.3 Å². The van der Waals surface area contributed by atoms with Crippen LogP contribution >= 0.6 is 0 Å². The van der Waals surface area contributed by atoms with E-state index in [0.717, 1.165) is 25.5 Å². The molecule has 2 heterocycles. The highest BCUT2D eigenvalue weighted by Gasteiger charge is 2.36. The first-order valence-electron chi connectivity index (χ1n) is 12.6. The van der Waals surface area contributed by atoms with Gasteiger partial charge in [-0.15, -0.1) is 0 Å². The van der Waals surface area contributed by atoms with E-state index in [1.807, 2.05) is 0 Å². The van der Waals surface area contributed by atoms with Gasteiger partial charge in [-0.05, 0) is 49.9 Å². The number of anilines is 2. The quantitative estimate of drug-likeness (QED) is 0.269. The molecule has 13 heteroatoms. The second kappa shape index (κ2) is 11.4. The van der Waals surface area contributed by atoms with E-state index < -0.39 is 27.2 Å². The Hall–Kier alpha value is -3.32. The van der Waals surface area contributed by atoms with Gasteiger partial charge in [0.05, 0.1) is 22.5 Å². The molecule has 0 spiro atoms. The van der Waals surface area contributed by atoms with Gasteiger partial charge in [-0.3, -0.25) is 4.68 Å². The summed E-state index contributed by atoms with van der Waals surface area (Å²) in [5.74, 6) is -0.227. The molecule has 0 atom stereocenters. The summed E-state index contributed by atoms with van der Waals surface area (Å²) >= 11 is 0. The molecule has 4 rings (SSSR count). The van der Waals surface area contributed by atoms with Crippen molar-refractivity contribution in [3.05, 3.63) is 47.9 Å². The Morgan fingerprint density at radius 3 is 2.54 bits per heavy atom. The summed E-state index contributed by atoms with van der Waals surface area (Å²) in [4.78, 5) is 19.5. The van der Waals surface area contributed by atoms with Crippen molar-refractivity contribution in [1.82, 2.24) is 19.7 Å². The van der Waals surface area contributed by atoms with Crippen LogP contribution in [0.3, 0.4) is 0 Å². The third-order valence-corrected chi connectivity index (χ3v) is 8.54. The molecule has 1 aliphatic carbocycles. The van der Waals surface area contributed by atoms with Gasteiger partial charge in [0.15, 0.2) is 16.1 Å². The van der Waals surface area contributed by atoms with E-state index >= 15 is 0 Å². The maximum atomic E-state index is 13.6. The SMILES string of the molecule is Cc1cc(S(=O)(=O)CCCOC2(C=O)CCCCC2)ccc1Nc1ncc(C(F)(F)F)c(-c2cnn(C)c2)n1. The Balaban J connectivity index is 1.45. The second-order valence-corrected chi connectivity index (χ2v) is 11.8. The van der Waals surface area contributed by atoms with Gasteiger partial charge in [0, 0.05) is 37.3 Å². The molecule has 0 radical (unpaired) electrons. The van der Waals surface area contributed by atoms with Crippen molar-refractivity contribution < 1.29 is 31.1 Å². The van der Waals surface area contributed by atoms with Gasteiger partial charge in [-0.2, -0.15) is 18.3 Å². The topological polar surface area (TPSA) is 116 Å². The van der Waals surface area contributed by atoms with Crippen LogP contribution in [0.15, 0.2) is 41.7 Å². The standard InChI is InChI=1S/C26H30F3N5O4S/c1-18-13-20(39(36,37)12-6-11-38-25(17-35)9-4-3-5-10-25)7-8-22(18)32-24-30-15-21(26(27,28)29)23(33-24)19-14-31-34(2)16-19/h7-8,13-17H,3-6,9-12H2,1-2H3,(H,30,32,33). The average Bonchev–Trinajstić information content (AvgIpc) is 3.34. The predicted octanol–water partition coefficient (Wildman–Crippen LogP) is 5.03. The molecule has 2 aromatic heterocycles. The lowest BCUT2D eigenvalue weighted by atomic mass is 9.86. The molecule has 0 amide bonds. The molecule has 9 nitrogen and oxygen atoms in total. The predicted molar refractivity (Wildman–Crippen MR) is 138 cm³/mol. The first-order valence-corrected chi connectivity index (χ1v) is 14.2. The van der Waals surface area contributed by atoms with Crippen molar-refractivity contribution in [3.63, 3.8) is 0 Å². The zero-order chi connectivity index (χ0) is 28.3. The van der Waals surface area contributed by atoms with Crippen LogP contribution < -0.4 is 5.32 Å². The number of carbonyl (C=O) groups excluding carboxylic acids is 1. The Labute approximate surface area is 224 Å². The van der Waals surface area contributed by atoms with Gasteiger partial charge in [0.1, 0.15) is 11.2 Å². The van der Waals surface area contributed by atoms with E-state index in [0.29, 0.717) is 30.3 Å². The van der Waals surface area contributed by atoms with Crippen LogP contribution in [0.2, 0.25) is 0 Å². The molecule has 0 saturated heterocycles. The Morgan fingerprint density at radius 1 is 1.18 bits per heavy atom. The molecule has 1 aliphatic rings. The molecule has 0 bridgehead atoms. The van der Waals surface area contributed by atoms with Crippen LogP contribution in [0.25, 0.3) is 11.3 Å². The number of sulfone groups is 1. The number of aryl methyl sites for hydroxylation is 2. The lowest BCUT2D eigenvalue weighted by Gasteiger charge is -2.32. The van der Waals surface area contributed by atoms with E-state index in [-0.39, 0.29) is 40.9 Å². The summed E-state index contributed by atoms with van der Waals surface area (Å²) in [5.41, 5.74) is -0.953. The minimum atomic E-state index is -4.66. The van der Waals surface area contributed by atoms with E-state index in [1.54, 1.807) is 14.0 Å².